The monoisotopic (exact) mass is 846 g/mol. The molecule has 0 aromatic rings. The van der Waals surface area contributed by atoms with Crippen molar-refractivity contribution in [1.29, 1.82) is 0 Å². The van der Waals surface area contributed by atoms with E-state index < -0.39 is 18.1 Å². The first-order valence-electron chi connectivity index (χ1n) is 25.0. The first kappa shape index (κ1) is 57.5. The lowest BCUT2D eigenvalue weighted by Crippen LogP contribution is -2.55. The fourth-order valence-corrected chi connectivity index (χ4v) is 7.44. The lowest BCUT2D eigenvalue weighted by atomic mass is 10.0. The van der Waals surface area contributed by atoms with Crippen LogP contribution < -0.4 is 5.11 Å². The van der Waals surface area contributed by atoms with Crippen molar-refractivity contribution < 1.29 is 38.2 Å². The molecule has 0 radical (unpaired) electrons. The number of esters is 2. The molecule has 0 fully saturated rings. The molecular weight excluding hydrogens is 751 g/mol. The van der Waals surface area contributed by atoms with Crippen molar-refractivity contribution in [3.8, 4) is 0 Å². The van der Waals surface area contributed by atoms with Gasteiger partial charge < -0.3 is 28.6 Å². The number of carboxylic acids is 1. The van der Waals surface area contributed by atoms with E-state index in [1.54, 1.807) is 21.1 Å². The predicted molar refractivity (Wildman–Crippen MR) is 250 cm³/mol. The third kappa shape index (κ3) is 40.9. The lowest BCUT2D eigenvalue weighted by molar-refractivity contribution is -0.889. The number of allylic oxidation sites excluding steroid dienone is 6. The van der Waals surface area contributed by atoms with Crippen molar-refractivity contribution in [2.75, 3.05) is 41.0 Å². The van der Waals surface area contributed by atoms with Gasteiger partial charge in [-0.3, -0.25) is 9.59 Å². The Morgan fingerprint density at radius 2 is 0.933 bits per heavy atom. The number of carboxylic acid groups (broad SMARTS) is 1. The van der Waals surface area contributed by atoms with E-state index in [9.17, 15) is 19.5 Å². The third-order valence-corrected chi connectivity index (χ3v) is 11.3. The Balaban J connectivity index is 4.23. The van der Waals surface area contributed by atoms with Crippen molar-refractivity contribution >= 4 is 17.9 Å². The van der Waals surface area contributed by atoms with Crippen molar-refractivity contribution in [3.63, 3.8) is 0 Å². The van der Waals surface area contributed by atoms with Crippen LogP contribution in [0.4, 0.5) is 0 Å². The summed E-state index contributed by atoms with van der Waals surface area (Å²) in [5, 5.41) is 11.6. The van der Waals surface area contributed by atoms with Crippen LogP contribution in [0.2, 0.25) is 0 Å². The molecule has 8 nitrogen and oxygen atoms in total. The summed E-state index contributed by atoms with van der Waals surface area (Å²) < 4.78 is 17.2. The molecule has 0 aliphatic carbocycles. The molecule has 0 aromatic heterocycles. The maximum atomic E-state index is 12.8. The molecule has 2 unspecified atom stereocenters. The summed E-state index contributed by atoms with van der Waals surface area (Å²) >= 11 is 0. The number of unbranched alkanes of at least 4 members (excludes halogenated alkanes) is 25. The molecule has 350 valence electrons. The fraction of sp³-hybridized carbons (Fsp3) is 0.827. The van der Waals surface area contributed by atoms with Crippen molar-refractivity contribution in [1.82, 2.24) is 0 Å². The van der Waals surface area contributed by atoms with Gasteiger partial charge in [0.2, 0.25) is 0 Å². The Morgan fingerprint density at radius 1 is 0.517 bits per heavy atom. The van der Waals surface area contributed by atoms with E-state index in [2.05, 4.69) is 50.3 Å². The van der Waals surface area contributed by atoms with Crippen LogP contribution in [-0.2, 0) is 28.6 Å². The molecule has 0 heterocycles. The molecule has 0 saturated carbocycles. The summed E-state index contributed by atoms with van der Waals surface area (Å²) in [7, 11) is 5.41. The minimum Gasteiger partial charge on any atom is -0.544 e. The molecular formula is C52H95NO7. The number of hydrogen-bond donors (Lipinski definition) is 0. The number of rotatable bonds is 45. The molecule has 0 aliphatic rings. The molecule has 0 N–H and O–H groups in total. The minimum atomic E-state index is -1.13. The van der Waals surface area contributed by atoms with E-state index in [0.29, 0.717) is 12.8 Å². The number of quaternary nitrogens is 1. The molecule has 60 heavy (non-hydrogen) atoms. The highest BCUT2D eigenvalue weighted by atomic mass is 16.6. The Labute approximate surface area is 370 Å². The van der Waals surface area contributed by atoms with E-state index >= 15 is 0 Å². The highest BCUT2D eigenvalue weighted by Gasteiger charge is 2.25. The third-order valence-electron chi connectivity index (χ3n) is 11.3. The van der Waals surface area contributed by atoms with Crippen LogP contribution in [0.25, 0.3) is 0 Å². The largest absolute Gasteiger partial charge is 0.544 e. The predicted octanol–water partition coefficient (Wildman–Crippen LogP) is 12.9. The Kier molecular flexibility index (Phi) is 41.4. The molecule has 2 atom stereocenters. The topological polar surface area (TPSA) is 102 Å². The summed E-state index contributed by atoms with van der Waals surface area (Å²) in [6.07, 6.45) is 50.3. The van der Waals surface area contributed by atoms with Crippen LogP contribution in [-0.4, -0.2) is 75.5 Å². The zero-order valence-electron chi connectivity index (χ0n) is 39.9. The number of carbonyl (C=O) groups is 3. The van der Waals surface area contributed by atoms with Crippen LogP contribution in [0.15, 0.2) is 36.5 Å². The Morgan fingerprint density at radius 3 is 1.38 bits per heavy atom. The second kappa shape index (κ2) is 43.2. The van der Waals surface area contributed by atoms with Gasteiger partial charge in [0.25, 0.3) is 0 Å². The van der Waals surface area contributed by atoms with Gasteiger partial charge in [-0.05, 0) is 44.9 Å². The van der Waals surface area contributed by atoms with Gasteiger partial charge in [0.1, 0.15) is 12.6 Å². The Bertz CT molecular complexity index is 1080. The van der Waals surface area contributed by atoms with Gasteiger partial charge in [-0.1, -0.05) is 198 Å². The fourth-order valence-electron chi connectivity index (χ4n) is 7.44. The average Bonchev–Trinajstić information content (AvgIpc) is 3.21. The Hall–Kier alpha value is -2.45. The number of aliphatic carboxylic acids is 1. The normalized spacial score (nSPS) is 13.2. The number of ether oxygens (including phenoxy) is 3. The lowest BCUT2D eigenvalue weighted by Gasteiger charge is -2.34. The molecule has 0 bridgehead atoms. The standard InChI is InChI=1S/C52H95NO7/c1-6-8-10-12-14-16-18-20-22-24-25-26-27-29-30-32-34-36-38-40-42-50(54)59-47-48(46-58-45-44-49(52(56)57)53(3,4)5)60-51(55)43-41-39-37-35-33-31-28-23-21-19-17-15-13-11-9-7-2/h9,11,15,17,21,23,48-49H,6-8,10,12-14,16,18-20,22,24-47H2,1-5H3/b11-9+,17-15+,23-21+. The van der Waals surface area contributed by atoms with E-state index in [4.69, 9.17) is 14.2 Å². The van der Waals surface area contributed by atoms with E-state index in [0.717, 1.165) is 70.6 Å². The summed E-state index contributed by atoms with van der Waals surface area (Å²) in [5.74, 6) is -1.74. The summed E-state index contributed by atoms with van der Waals surface area (Å²) in [5.41, 5.74) is 0. The van der Waals surface area contributed by atoms with Gasteiger partial charge in [-0.2, -0.15) is 0 Å². The van der Waals surface area contributed by atoms with E-state index in [-0.39, 0.29) is 42.7 Å². The van der Waals surface area contributed by atoms with Crippen molar-refractivity contribution in [2.45, 2.75) is 238 Å². The summed E-state index contributed by atoms with van der Waals surface area (Å²) in [4.78, 5) is 37.0. The van der Waals surface area contributed by atoms with Crippen LogP contribution in [0.1, 0.15) is 226 Å². The summed E-state index contributed by atoms with van der Waals surface area (Å²) in [6.45, 7) is 4.57. The quantitative estimate of drug-likeness (QED) is 0.0260. The van der Waals surface area contributed by atoms with Gasteiger partial charge in [0.05, 0.1) is 40.3 Å². The van der Waals surface area contributed by atoms with E-state index in [1.165, 1.54) is 122 Å². The van der Waals surface area contributed by atoms with Crippen LogP contribution in [0.3, 0.4) is 0 Å². The van der Waals surface area contributed by atoms with Crippen LogP contribution >= 0.6 is 0 Å². The molecule has 0 spiro atoms. The molecule has 0 aliphatic heterocycles. The number of likely N-dealkylation sites (N-methyl/N-ethyl adjacent to an activating group) is 1. The summed E-state index contributed by atoms with van der Waals surface area (Å²) in [6, 6.07) is -0.727. The van der Waals surface area contributed by atoms with Crippen LogP contribution in [0, 0.1) is 0 Å². The first-order chi connectivity index (χ1) is 29.1. The average molecular weight is 846 g/mol. The highest BCUT2D eigenvalue weighted by Crippen LogP contribution is 2.16. The molecule has 0 aromatic carbocycles. The van der Waals surface area contributed by atoms with Gasteiger partial charge in [-0.15, -0.1) is 0 Å². The zero-order chi connectivity index (χ0) is 44.2. The van der Waals surface area contributed by atoms with Crippen molar-refractivity contribution in [2.24, 2.45) is 0 Å². The zero-order valence-corrected chi connectivity index (χ0v) is 39.9. The molecule has 0 saturated heterocycles. The maximum absolute atomic E-state index is 12.8. The number of hydrogen-bond acceptors (Lipinski definition) is 7. The van der Waals surface area contributed by atoms with Gasteiger partial charge >= 0.3 is 11.9 Å². The number of nitrogens with zero attached hydrogens (tertiary/aromatic N) is 1. The second-order valence-electron chi connectivity index (χ2n) is 18.0. The van der Waals surface area contributed by atoms with Gasteiger partial charge in [-0.25, -0.2) is 0 Å². The molecule has 0 rings (SSSR count). The molecule has 8 heteroatoms. The first-order valence-corrected chi connectivity index (χ1v) is 25.0. The highest BCUT2D eigenvalue weighted by molar-refractivity contribution is 5.70. The smallest absolute Gasteiger partial charge is 0.306 e. The van der Waals surface area contributed by atoms with Gasteiger partial charge in [0.15, 0.2) is 6.10 Å². The number of carbonyl (C=O) groups excluding carboxylic acids is 3. The van der Waals surface area contributed by atoms with E-state index in [1.807, 2.05) is 0 Å². The SMILES string of the molecule is CC/C=C/C/C=C/C/C=C/CCCCCCCCC(=O)OC(COCCC(C(=O)[O-])[N+](C)(C)C)COC(=O)CCCCCCCCCCCCCCCCCCCCCC. The molecule has 0 amide bonds. The maximum Gasteiger partial charge on any atom is 0.306 e. The minimum absolute atomic E-state index is 0.0380. The second-order valence-corrected chi connectivity index (χ2v) is 18.0. The van der Waals surface area contributed by atoms with Crippen molar-refractivity contribution in [3.05, 3.63) is 36.5 Å². The van der Waals surface area contributed by atoms with Crippen LogP contribution in [0.5, 0.6) is 0 Å². The van der Waals surface area contributed by atoms with Gasteiger partial charge in [0, 0.05) is 19.3 Å².